The van der Waals surface area contributed by atoms with Crippen molar-refractivity contribution in [1.82, 2.24) is 9.55 Å². The van der Waals surface area contributed by atoms with Gasteiger partial charge in [-0.2, -0.15) is 0 Å². The molecule has 2 aliphatic heterocycles. The smallest absolute Gasteiger partial charge is 0.333 e. The van der Waals surface area contributed by atoms with Gasteiger partial charge in [0.2, 0.25) is 5.88 Å². The first-order valence-corrected chi connectivity index (χ1v) is 5.08. The van der Waals surface area contributed by atoms with Gasteiger partial charge in [0.05, 0.1) is 6.07 Å². The highest BCUT2D eigenvalue weighted by atomic mass is 16.6. The zero-order valence-electron chi connectivity index (χ0n) is 8.57. The van der Waals surface area contributed by atoms with E-state index in [9.17, 15) is 19.8 Å². The number of hydrogen-bond acceptors (Lipinski definition) is 6. The molecule has 1 saturated heterocycles. The fourth-order valence-corrected chi connectivity index (χ4v) is 2.08. The van der Waals surface area contributed by atoms with Gasteiger partial charge in [0.25, 0.3) is 5.56 Å². The quantitative estimate of drug-likeness (QED) is 0.465. The van der Waals surface area contributed by atoms with Crippen molar-refractivity contribution in [2.24, 2.45) is 0 Å². The van der Waals surface area contributed by atoms with Gasteiger partial charge in [0.1, 0.15) is 24.9 Å². The molecule has 1 fully saturated rings. The van der Waals surface area contributed by atoms with Gasteiger partial charge in [-0.3, -0.25) is 9.78 Å². The van der Waals surface area contributed by atoms with E-state index < -0.39 is 35.8 Å². The Labute approximate surface area is 94.0 Å². The van der Waals surface area contributed by atoms with Gasteiger partial charge in [-0.1, -0.05) is 0 Å². The number of aromatic nitrogens is 2. The Morgan fingerprint density at radius 1 is 1.35 bits per heavy atom. The molecule has 0 saturated carbocycles. The van der Waals surface area contributed by atoms with Crippen LogP contribution in [0.2, 0.25) is 0 Å². The molecule has 0 unspecified atom stereocenters. The predicted octanol–water partition coefficient (Wildman–Crippen LogP) is -2.45. The third-order valence-corrected chi connectivity index (χ3v) is 2.93. The number of aromatic amines is 1. The van der Waals surface area contributed by atoms with Crippen molar-refractivity contribution in [3.05, 3.63) is 26.9 Å². The summed E-state index contributed by atoms with van der Waals surface area (Å²) < 4.78 is 11.5. The molecular formula is C9H10N2O6. The molecule has 92 valence electrons. The van der Waals surface area contributed by atoms with Crippen LogP contribution in [-0.4, -0.2) is 44.7 Å². The van der Waals surface area contributed by atoms with Crippen LogP contribution in [0.3, 0.4) is 0 Å². The van der Waals surface area contributed by atoms with Crippen molar-refractivity contribution >= 4 is 0 Å². The summed E-state index contributed by atoms with van der Waals surface area (Å²) in [5, 5.41) is 19.4. The Morgan fingerprint density at radius 2 is 2.12 bits per heavy atom. The van der Waals surface area contributed by atoms with E-state index in [0.717, 1.165) is 10.6 Å². The molecule has 0 aliphatic carbocycles. The number of nitrogens with zero attached hydrogens (tertiary/aromatic N) is 1. The molecule has 3 N–H and O–H groups in total. The molecule has 17 heavy (non-hydrogen) atoms. The minimum absolute atomic E-state index is 0.0252. The average Bonchev–Trinajstić information content (AvgIpc) is 2.49. The fourth-order valence-electron chi connectivity index (χ4n) is 2.08. The van der Waals surface area contributed by atoms with Crippen LogP contribution in [0.15, 0.2) is 15.7 Å². The standard InChI is InChI=1S/C9H10N2O6/c12-4-1-5-11(9(15)10-4)8-7(14)6(13)3(17-8)2-16-5/h1,3,6-8,13-14H,2H2,(H,10,12,15)/t3-,6-,7-,8-/m1/s1. The third-order valence-electron chi connectivity index (χ3n) is 2.93. The van der Waals surface area contributed by atoms with Gasteiger partial charge in [-0.25, -0.2) is 9.36 Å². The molecule has 2 bridgehead atoms. The Balaban J connectivity index is 2.20. The zero-order chi connectivity index (χ0) is 12.2. The molecule has 4 atom stereocenters. The molecule has 8 heteroatoms. The molecule has 0 aromatic carbocycles. The Morgan fingerprint density at radius 3 is 2.88 bits per heavy atom. The lowest BCUT2D eigenvalue weighted by Gasteiger charge is -2.20. The van der Waals surface area contributed by atoms with Gasteiger partial charge >= 0.3 is 5.69 Å². The lowest BCUT2D eigenvalue weighted by atomic mass is 10.1. The molecule has 3 heterocycles. The normalized spacial score (nSPS) is 34.9. The first kappa shape index (κ1) is 10.5. The minimum Gasteiger partial charge on any atom is -0.476 e. The van der Waals surface area contributed by atoms with E-state index in [1.54, 1.807) is 0 Å². The van der Waals surface area contributed by atoms with Crippen molar-refractivity contribution in [1.29, 1.82) is 0 Å². The van der Waals surface area contributed by atoms with Crippen LogP contribution in [0.25, 0.3) is 0 Å². The third kappa shape index (κ3) is 1.42. The maximum atomic E-state index is 11.6. The molecule has 0 spiro atoms. The Bertz CT molecular complexity index is 563. The molecule has 2 aliphatic rings. The van der Waals surface area contributed by atoms with E-state index >= 15 is 0 Å². The first-order chi connectivity index (χ1) is 8.08. The lowest BCUT2D eigenvalue weighted by molar-refractivity contribution is -0.0337. The second kappa shape index (κ2) is 3.42. The van der Waals surface area contributed by atoms with Crippen LogP contribution in [0.4, 0.5) is 0 Å². The van der Waals surface area contributed by atoms with Gasteiger partial charge in [-0.05, 0) is 0 Å². The fraction of sp³-hybridized carbons (Fsp3) is 0.556. The number of H-pyrrole nitrogens is 1. The van der Waals surface area contributed by atoms with Gasteiger partial charge < -0.3 is 19.7 Å². The maximum absolute atomic E-state index is 11.6. The summed E-state index contributed by atoms with van der Waals surface area (Å²) in [6.45, 7) is -0.0301. The highest BCUT2D eigenvalue weighted by molar-refractivity contribution is 5.13. The van der Waals surface area contributed by atoms with Gasteiger partial charge in [0.15, 0.2) is 6.23 Å². The summed E-state index contributed by atoms with van der Waals surface area (Å²) in [6, 6.07) is 1.10. The SMILES string of the molecule is O=c1cc2n(c(=O)[nH]1)[C@@H]1O[C@H](CO2)[C@@H](O)[C@H]1O. The number of fused-ring (bicyclic) bond motifs is 4. The summed E-state index contributed by atoms with van der Waals surface area (Å²) in [5.74, 6) is 0.0252. The lowest BCUT2D eigenvalue weighted by Crippen LogP contribution is -2.41. The molecule has 0 amide bonds. The second-order valence-corrected chi connectivity index (χ2v) is 4.00. The van der Waals surface area contributed by atoms with Crippen LogP contribution in [0.5, 0.6) is 5.88 Å². The van der Waals surface area contributed by atoms with E-state index in [2.05, 4.69) is 0 Å². The predicted molar refractivity (Wildman–Crippen MR) is 52.7 cm³/mol. The summed E-state index contributed by atoms with van der Waals surface area (Å²) in [7, 11) is 0. The number of aliphatic hydroxyl groups excluding tert-OH is 2. The molecule has 1 aromatic rings. The van der Waals surface area contributed by atoms with E-state index in [4.69, 9.17) is 9.47 Å². The number of ether oxygens (including phenoxy) is 2. The average molecular weight is 242 g/mol. The number of aliphatic hydroxyl groups is 2. The Hall–Kier alpha value is -1.64. The van der Waals surface area contributed by atoms with Crippen LogP contribution in [-0.2, 0) is 4.74 Å². The number of hydrogen-bond donors (Lipinski definition) is 3. The molecule has 3 rings (SSSR count). The van der Waals surface area contributed by atoms with Crippen molar-refractivity contribution in [3.63, 3.8) is 0 Å². The summed E-state index contributed by atoms with van der Waals surface area (Å²) in [4.78, 5) is 24.8. The molecule has 1 aromatic heterocycles. The summed E-state index contributed by atoms with van der Waals surface area (Å²) in [6.07, 6.45) is -4.11. The summed E-state index contributed by atoms with van der Waals surface area (Å²) in [5.41, 5.74) is -1.33. The van der Waals surface area contributed by atoms with E-state index in [1.165, 1.54) is 0 Å². The van der Waals surface area contributed by atoms with Crippen LogP contribution in [0.1, 0.15) is 6.23 Å². The number of nitrogens with one attached hydrogen (secondary N) is 1. The molecule has 0 radical (unpaired) electrons. The second-order valence-electron chi connectivity index (χ2n) is 4.00. The van der Waals surface area contributed by atoms with Crippen molar-refractivity contribution in [2.45, 2.75) is 24.5 Å². The largest absolute Gasteiger partial charge is 0.476 e. The highest BCUT2D eigenvalue weighted by Gasteiger charge is 2.47. The Kier molecular flexibility index (Phi) is 2.12. The van der Waals surface area contributed by atoms with Crippen molar-refractivity contribution in [3.8, 4) is 5.88 Å². The topological polar surface area (TPSA) is 114 Å². The van der Waals surface area contributed by atoms with Crippen molar-refractivity contribution < 1.29 is 19.7 Å². The zero-order valence-corrected chi connectivity index (χ0v) is 8.57. The maximum Gasteiger partial charge on any atom is 0.333 e. The van der Waals surface area contributed by atoms with E-state index in [-0.39, 0.29) is 12.5 Å². The molecular weight excluding hydrogens is 232 g/mol. The highest BCUT2D eigenvalue weighted by Crippen LogP contribution is 2.33. The van der Waals surface area contributed by atoms with E-state index in [1.807, 2.05) is 4.98 Å². The van der Waals surface area contributed by atoms with Gasteiger partial charge in [0, 0.05) is 0 Å². The monoisotopic (exact) mass is 242 g/mol. The van der Waals surface area contributed by atoms with Crippen LogP contribution in [0, 0.1) is 0 Å². The number of rotatable bonds is 0. The van der Waals surface area contributed by atoms with Crippen LogP contribution < -0.4 is 16.0 Å². The minimum atomic E-state index is -1.23. The first-order valence-electron chi connectivity index (χ1n) is 5.08. The van der Waals surface area contributed by atoms with E-state index in [0.29, 0.717) is 0 Å². The van der Waals surface area contributed by atoms with Crippen LogP contribution >= 0.6 is 0 Å². The molecule has 8 nitrogen and oxygen atoms in total. The van der Waals surface area contributed by atoms with Gasteiger partial charge in [-0.15, -0.1) is 0 Å². The summed E-state index contributed by atoms with van der Waals surface area (Å²) >= 11 is 0. The van der Waals surface area contributed by atoms with Crippen molar-refractivity contribution in [2.75, 3.05) is 6.61 Å².